The molecule has 0 saturated heterocycles. The summed E-state index contributed by atoms with van der Waals surface area (Å²) in [7, 11) is 0. The van der Waals surface area contributed by atoms with Crippen LogP contribution in [-0.4, -0.2) is 45.6 Å². The van der Waals surface area contributed by atoms with Gasteiger partial charge < -0.3 is 14.9 Å². The van der Waals surface area contributed by atoms with Gasteiger partial charge in [-0.25, -0.2) is 0 Å². The number of esters is 1. The number of carbonyl (C=O) groups is 3. The SMILES string of the molecule is CC(=O)OCC1=CC2CC(=O)CC(C)C2(O)C2C=C(C)C(=O)C2(O)C1. The Bertz CT molecular complexity index is 705. The molecule has 3 aliphatic carbocycles. The van der Waals surface area contributed by atoms with Gasteiger partial charge in [0, 0.05) is 38.0 Å². The Kier molecular flexibility index (Phi) is 4.24. The maximum absolute atomic E-state index is 12.7. The molecule has 3 rings (SSSR count). The molecule has 0 amide bonds. The monoisotopic (exact) mass is 348 g/mol. The molecule has 136 valence electrons. The van der Waals surface area contributed by atoms with E-state index in [0.29, 0.717) is 11.1 Å². The van der Waals surface area contributed by atoms with E-state index in [1.54, 1.807) is 26.0 Å². The second-order valence-electron chi connectivity index (χ2n) is 7.70. The van der Waals surface area contributed by atoms with Gasteiger partial charge in [-0.2, -0.15) is 0 Å². The van der Waals surface area contributed by atoms with Gasteiger partial charge in [-0.1, -0.05) is 19.1 Å². The molecule has 5 unspecified atom stereocenters. The third kappa shape index (κ3) is 2.68. The Morgan fingerprint density at radius 3 is 2.60 bits per heavy atom. The Labute approximate surface area is 146 Å². The quantitative estimate of drug-likeness (QED) is 0.572. The molecule has 3 aliphatic rings. The molecular formula is C19H24O6. The molecule has 0 heterocycles. The van der Waals surface area contributed by atoms with Crippen molar-refractivity contribution in [1.29, 1.82) is 0 Å². The molecule has 0 aromatic rings. The Morgan fingerprint density at radius 1 is 1.28 bits per heavy atom. The van der Waals surface area contributed by atoms with Crippen LogP contribution < -0.4 is 0 Å². The maximum atomic E-state index is 12.7. The van der Waals surface area contributed by atoms with E-state index in [-0.39, 0.29) is 31.7 Å². The first-order valence-corrected chi connectivity index (χ1v) is 8.61. The van der Waals surface area contributed by atoms with Gasteiger partial charge in [-0.05, 0) is 24.0 Å². The second kappa shape index (κ2) is 5.88. The summed E-state index contributed by atoms with van der Waals surface area (Å²) in [6.07, 6.45) is 3.72. The zero-order valence-corrected chi connectivity index (χ0v) is 14.7. The lowest BCUT2D eigenvalue weighted by molar-refractivity contribution is -0.170. The van der Waals surface area contributed by atoms with Crippen molar-refractivity contribution in [2.24, 2.45) is 17.8 Å². The predicted octanol–water partition coefficient (Wildman–Crippen LogP) is 1.10. The third-order valence-electron chi connectivity index (χ3n) is 5.94. The Hall–Kier alpha value is -1.79. The molecule has 5 atom stereocenters. The molecule has 1 saturated carbocycles. The summed E-state index contributed by atoms with van der Waals surface area (Å²) in [4.78, 5) is 35.9. The average Bonchev–Trinajstić information content (AvgIpc) is 2.68. The highest BCUT2D eigenvalue weighted by Gasteiger charge is 2.63. The zero-order valence-electron chi connectivity index (χ0n) is 14.7. The highest BCUT2D eigenvalue weighted by molar-refractivity contribution is 6.05. The highest BCUT2D eigenvalue weighted by Crippen LogP contribution is 2.53. The van der Waals surface area contributed by atoms with Crippen LogP contribution in [0.2, 0.25) is 0 Å². The van der Waals surface area contributed by atoms with E-state index < -0.39 is 40.7 Å². The highest BCUT2D eigenvalue weighted by atomic mass is 16.5. The van der Waals surface area contributed by atoms with Crippen LogP contribution in [0.5, 0.6) is 0 Å². The van der Waals surface area contributed by atoms with Crippen LogP contribution in [0.25, 0.3) is 0 Å². The molecule has 1 fully saturated rings. The fourth-order valence-electron chi connectivity index (χ4n) is 4.73. The van der Waals surface area contributed by atoms with E-state index in [2.05, 4.69) is 0 Å². The van der Waals surface area contributed by atoms with Crippen LogP contribution in [0.15, 0.2) is 23.3 Å². The zero-order chi connectivity index (χ0) is 18.6. The van der Waals surface area contributed by atoms with Gasteiger partial charge in [0.2, 0.25) is 0 Å². The number of Topliss-reactive ketones (excluding diaryl/α,β-unsaturated/α-hetero) is 2. The molecule has 6 nitrogen and oxygen atoms in total. The fraction of sp³-hybridized carbons (Fsp3) is 0.632. The topological polar surface area (TPSA) is 101 Å². The first-order chi connectivity index (χ1) is 11.6. The van der Waals surface area contributed by atoms with Crippen molar-refractivity contribution in [1.82, 2.24) is 0 Å². The average molecular weight is 348 g/mol. The van der Waals surface area contributed by atoms with Crippen LogP contribution in [0, 0.1) is 17.8 Å². The summed E-state index contributed by atoms with van der Waals surface area (Å²) in [5, 5.41) is 22.8. The van der Waals surface area contributed by atoms with Crippen molar-refractivity contribution in [3.05, 3.63) is 23.3 Å². The minimum absolute atomic E-state index is 0.0165. The number of ketones is 2. The minimum atomic E-state index is -1.77. The van der Waals surface area contributed by atoms with Crippen LogP contribution >= 0.6 is 0 Å². The van der Waals surface area contributed by atoms with Gasteiger partial charge in [-0.3, -0.25) is 14.4 Å². The van der Waals surface area contributed by atoms with Crippen molar-refractivity contribution in [2.75, 3.05) is 6.61 Å². The van der Waals surface area contributed by atoms with Crippen molar-refractivity contribution < 1.29 is 29.3 Å². The largest absolute Gasteiger partial charge is 0.461 e. The van der Waals surface area contributed by atoms with Crippen molar-refractivity contribution in [2.45, 2.75) is 51.2 Å². The van der Waals surface area contributed by atoms with E-state index in [1.807, 2.05) is 0 Å². The number of carbonyl (C=O) groups excluding carboxylic acids is 3. The lowest BCUT2D eigenvalue weighted by Crippen LogP contribution is -2.60. The third-order valence-corrected chi connectivity index (χ3v) is 5.94. The van der Waals surface area contributed by atoms with Gasteiger partial charge in [0.15, 0.2) is 5.78 Å². The smallest absolute Gasteiger partial charge is 0.302 e. The standard InChI is InChI=1S/C19H24O6/c1-10-4-16-18(23,17(10)22)8-13(9-25-12(3)20)6-14-7-15(21)5-11(2)19(14,16)24/h4,6,11,14,16,23-24H,5,7-9H2,1-3H3. The van der Waals surface area contributed by atoms with Gasteiger partial charge in [0.05, 0.1) is 5.60 Å². The molecule has 0 aliphatic heterocycles. The lowest BCUT2D eigenvalue weighted by Gasteiger charge is -2.48. The first-order valence-electron chi connectivity index (χ1n) is 8.61. The summed E-state index contributed by atoms with van der Waals surface area (Å²) < 4.78 is 5.05. The second-order valence-corrected chi connectivity index (χ2v) is 7.70. The molecule has 0 spiro atoms. The Balaban J connectivity index is 2.09. The van der Waals surface area contributed by atoms with Crippen LogP contribution in [0.3, 0.4) is 0 Å². The van der Waals surface area contributed by atoms with Crippen molar-refractivity contribution >= 4 is 17.5 Å². The van der Waals surface area contributed by atoms with Gasteiger partial charge >= 0.3 is 5.97 Å². The van der Waals surface area contributed by atoms with Crippen LogP contribution in [-0.2, 0) is 19.1 Å². The summed E-state index contributed by atoms with van der Waals surface area (Å²) in [5.41, 5.74) is -2.19. The first kappa shape index (κ1) is 18.0. The van der Waals surface area contributed by atoms with Gasteiger partial charge in [-0.15, -0.1) is 0 Å². The summed E-state index contributed by atoms with van der Waals surface area (Å²) in [6.45, 7) is 4.62. The predicted molar refractivity (Wildman–Crippen MR) is 88.4 cm³/mol. The number of ether oxygens (including phenoxy) is 1. The summed E-state index contributed by atoms with van der Waals surface area (Å²) in [5.74, 6) is -2.54. The molecule has 6 heteroatoms. The summed E-state index contributed by atoms with van der Waals surface area (Å²) >= 11 is 0. The fourth-order valence-corrected chi connectivity index (χ4v) is 4.73. The van der Waals surface area contributed by atoms with Crippen LogP contribution in [0.1, 0.15) is 40.0 Å². The minimum Gasteiger partial charge on any atom is -0.461 e. The van der Waals surface area contributed by atoms with Crippen LogP contribution in [0.4, 0.5) is 0 Å². The summed E-state index contributed by atoms with van der Waals surface area (Å²) in [6, 6.07) is 0. The number of hydrogen-bond donors (Lipinski definition) is 2. The molecule has 0 aromatic carbocycles. The molecule has 0 bridgehead atoms. The van der Waals surface area contributed by atoms with Gasteiger partial charge in [0.25, 0.3) is 0 Å². The van der Waals surface area contributed by atoms with E-state index in [9.17, 15) is 24.6 Å². The normalized spacial score (nSPS) is 40.6. The molecule has 0 radical (unpaired) electrons. The lowest BCUT2D eigenvalue weighted by atomic mass is 9.60. The van der Waals surface area contributed by atoms with E-state index in [0.717, 1.165) is 0 Å². The molecule has 2 N–H and O–H groups in total. The maximum Gasteiger partial charge on any atom is 0.302 e. The molecule has 0 aromatic heterocycles. The number of fused-ring (bicyclic) bond motifs is 3. The molecular weight excluding hydrogens is 324 g/mol. The van der Waals surface area contributed by atoms with Gasteiger partial charge in [0.1, 0.15) is 18.0 Å². The molecule has 25 heavy (non-hydrogen) atoms. The van der Waals surface area contributed by atoms with Crippen molar-refractivity contribution in [3.63, 3.8) is 0 Å². The van der Waals surface area contributed by atoms with Crippen molar-refractivity contribution in [3.8, 4) is 0 Å². The number of rotatable bonds is 2. The van der Waals surface area contributed by atoms with E-state index in [1.165, 1.54) is 6.92 Å². The van der Waals surface area contributed by atoms with E-state index in [4.69, 9.17) is 4.74 Å². The number of aliphatic hydroxyl groups is 2. The Morgan fingerprint density at radius 2 is 1.96 bits per heavy atom. The number of hydrogen-bond acceptors (Lipinski definition) is 6. The van der Waals surface area contributed by atoms with E-state index >= 15 is 0 Å².